The number of hydrogen-bond donors (Lipinski definition) is 1. The van der Waals surface area contributed by atoms with E-state index in [0.29, 0.717) is 5.02 Å². The highest BCUT2D eigenvalue weighted by Gasteiger charge is 1.98. The Morgan fingerprint density at radius 1 is 1.58 bits per heavy atom. The fraction of sp³-hybridized carbons (Fsp3) is 0.125. The summed E-state index contributed by atoms with van der Waals surface area (Å²) in [6.07, 6.45) is 3.79. The molecule has 2 aromatic heterocycles. The van der Waals surface area contributed by atoms with E-state index in [-0.39, 0.29) is 0 Å². The normalized spacial score (nSPS) is 10.5. The second-order valence-corrected chi connectivity index (χ2v) is 2.92. The topological polar surface area (TPSA) is 29.3 Å². The van der Waals surface area contributed by atoms with Crippen molar-refractivity contribution in [1.82, 2.24) is 9.38 Å². The third-order valence-electron chi connectivity index (χ3n) is 1.68. The molecule has 3 nitrogen and oxygen atoms in total. The van der Waals surface area contributed by atoms with Crippen molar-refractivity contribution >= 4 is 23.1 Å². The van der Waals surface area contributed by atoms with Crippen LogP contribution in [0.5, 0.6) is 0 Å². The third-order valence-corrected chi connectivity index (χ3v) is 1.91. The smallest absolute Gasteiger partial charge is 0.145 e. The molecule has 0 aliphatic heterocycles. The van der Waals surface area contributed by atoms with Gasteiger partial charge in [0.05, 0.1) is 6.20 Å². The molecule has 0 aromatic carbocycles. The van der Waals surface area contributed by atoms with E-state index in [0.717, 1.165) is 11.5 Å². The van der Waals surface area contributed by atoms with Gasteiger partial charge in [-0.2, -0.15) is 0 Å². The number of nitrogens with zero attached hydrogens (tertiary/aromatic N) is 2. The number of anilines is 1. The van der Waals surface area contributed by atoms with Crippen LogP contribution in [-0.4, -0.2) is 16.4 Å². The number of nitrogens with one attached hydrogen (secondary N) is 1. The van der Waals surface area contributed by atoms with Crippen LogP contribution in [-0.2, 0) is 0 Å². The number of pyridine rings is 1. The molecule has 0 radical (unpaired) electrons. The Morgan fingerprint density at radius 2 is 2.42 bits per heavy atom. The van der Waals surface area contributed by atoms with Crippen LogP contribution < -0.4 is 5.32 Å². The molecule has 0 saturated heterocycles. The van der Waals surface area contributed by atoms with Crippen LogP contribution in [0, 0.1) is 0 Å². The van der Waals surface area contributed by atoms with E-state index >= 15 is 0 Å². The zero-order valence-corrected chi connectivity index (χ0v) is 7.34. The highest BCUT2D eigenvalue weighted by molar-refractivity contribution is 6.30. The summed E-state index contributed by atoms with van der Waals surface area (Å²) in [5.41, 5.74) is 0.854. The Balaban J connectivity index is 2.67. The second kappa shape index (κ2) is 2.68. The van der Waals surface area contributed by atoms with Gasteiger partial charge in [0.1, 0.15) is 11.5 Å². The molecular weight excluding hydrogens is 174 g/mol. The van der Waals surface area contributed by atoms with Crippen LogP contribution in [0.15, 0.2) is 24.5 Å². The van der Waals surface area contributed by atoms with Gasteiger partial charge in [-0.1, -0.05) is 11.6 Å². The first-order valence-corrected chi connectivity index (χ1v) is 3.99. The zero-order valence-electron chi connectivity index (χ0n) is 6.58. The molecule has 4 heteroatoms. The van der Waals surface area contributed by atoms with Crippen LogP contribution in [0.4, 0.5) is 5.82 Å². The minimum atomic E-state index is 0.704. The van der Waals surface area contributed by atoms with Crippen molar-refractivity contribution in [2.45, 2.75) is 0 Å². The number of aromatic nitrogens is 2. The molecule has 2 heterocycles. The van der Waals surface area contributed by atoms with Crippen molar-refractivity contribution in [2.75, 3.05) is 12.4 Å². The van der Waals surface area contributed by atoms with E-state index in [2.05, 4.69) is 10.3 Å². The lowest BCUT2D eigenvalue weighted by Crippen LogP contribution is -1.85. The summed E-state index contributed by atoms with van der Waals surface area (Å²) >= 11 is 5.80. The molecule has 0 spiro atoms. The van der Waals surface area contributed by atoms with Crippen molar-refractivity contribution < 1.29 is 0 Å². The fourth-order valence-corrected chi connectivity index (χ4v) is 1.23. The maximum atomic E-state index is 5.80. The van der Waals surface area contributed by atoms with Crippen LogP contribution in [0.1, 0.15) is 0 Å². The van der Waals surface area contributed by atoms with Crippen molar-refractivity contribution in [3.8, 4) is 0 Å². The molecule has 0 amide bonds. The Labute approximate surface area is 75.0 Å². The third kappa shape index (κ3) is 1.12. The summed E-state index contributed by atoms with van der Waals surface area (Å²) in [6, 6.07) is 3.65. The average molecular weight is 182 g/mol. The van der Waals surface area contributed by atoms with Gasteiger partial charge in [0, 0.05) is 24.3 Å². The van der Waals surface area contributed by atoms with Crippen molar-refractivity contribution in [2.24, 2.45) is 0 Å². The zero-order chi connectivity index (χ0) is 8.55. The maximum Gasteiger partial charge on any atom is 0.145 e. The quantitative estimate of drug-likeness (QED) is 0.730. The van der Waals surface area contributed by atoms with Gasteiger partial charge in [0.2, 0.25) is 0 Å². The summed E-state index contributed by atoms with van der Waals surface area (Å²) < 4.78 is 1.91. The van der Waals surface area contributed by atoms with Gasteiger partial charge in [0.15, 0.2) is 0 Å². The van der Waals surface area contributed by atoms with Gasteiger partial charge < -0.3 is 9.72 Å². The molecule has 2 rings (SSSR count). The Hall–Kier alpha value is -1.22. The number of imidazole rings is 1. The Morgan fingerprint density at radius 3 is 3.17 bits per heavy atom. The van der Waals surface area contributed by atoms with Crippen LogP contribution >= 0.6 is 11.6 Å². The molecule has 2 aromatic rings. The van der Waals surface area contributed by atoms with Crippen molar-refractivity contribution in [3.05, 3.63) is 29.5 Å². The molecule has 0 unspecified atom stereocenters. The number of hydrogen-bond acceptors (Lipinski definition) is 2. The van der Waals surface area contributed by atoms with Crippen LogP contribution in [0.3, 0.4) is 0 Å². The van der Waals surface area contributed by atoms with Gasteiger partial charge in [-0.15, -0.1) is 0 Å². The number of fused-ring (bicyclic) bond motifs is 1. The second-order valence-electron chi connectivity index (χ2n) is 2.49. The standard InChI is InChI=1S/C8H8ClN3/c1-10-7-5-12-3-2-6(9)4-8(12)11-7/h2-5,10H,1H3. The first-order chi connectivity index (χ1) is 5.79. The van der Waals surface area contributed by atoms with Crippen molar-refractivity contribution in [1.29, 1.82) is 0 Å². The lowest BCUT2D eigenvalue weighted by Gasteiger charge is -1.90. The fourth-order valence-electron chi connectivity index (χ4n) is 1.08. The molecule has 12 heavy (non-hydrogen) atoms. The monoisotopic (exact) mass is 181 g/mol. The minimum Gasteiger partial charge on any atom is -0.372 e. The first-order valence-electron chi connectivity index (χ1n) is 3.61. The average Bonchev–Trinajstić information content (AvgIpc) is 2.46. The van der Waals surface area contributed by atoms with E-state index in [1.165, 1.54) is 0 Å². The first kappa shape index (κ1) is 7.43. The molecule has 0 aliphatic rings. The van der Waals surface area contributed by atoms with Crippen molar-refractivity contribution in [3.63, 3.8) is 0 Å². The highest BCUT2D eigenvalue weighted by atomic mass is 35.5. The van der Waals surface area contributed by atoms with Gasteiger partial charge in [-0.05, 0) is 6.07 Å². The van der Waals surface area contributed by atoms with E-state index in [1.807, 2.05) is 36.0 Å². The Kier molecular flexibility index (Phi) is 1.66. The summed E-state index contributed by atoms with van der Waals surface area (Å²) in [4.78, 5) is 4.26. The molecular formula is C8H8ClN3. The van der Waals surface area contributed by atoms with E-state index in [9.17, 15) is 0 Å². The molecule has 62 valence electrons. The van der Waals surface area contributed by atoms with Gasteiger partial charge >= 0.3 is 0 Å². The molecule has 0 bridgehead atoms. The maximum absolute atomic E-state index is 5.80. The summed E-state index contributed by atoms with van der Waals surface area (Å²) in [5, 5.41) is 3.67. The van der Waals surface area contributed by atoms with Gasteiger partial charge in [-0.25, -0.2) is 4.98 Å². The minimum absolute atomic E-state index is 0.704. The van der Waals surface area contributed by atoms with E-state index in [4.69, 9.17) is 11.6 Å². The van der Waals surface area contributed by atoms with E-state index in [1.54, 1.807) is 0 Å². The molecule has 0 fully saturated rings. The lowest BCUT2D eigenvalue weighted by atomic mass is 10.5. The summed E-state index contributed by atoms with van der Waals surface area (Å²) in [7, 11) is 1.84. The Bertz CT molecular complexity index is 408. The molecule has 1 N–H and O–H groups in total. The van der Waals surface area contributed by atoms with Crippen LogP contribution in [0.25, 0.3) is 5.65 Å². The molecule has 0 atom stereocenters. The summed E-state index contributed by atoms with van der Waals surface area (Å²) in [5.74, 6) is 0.845. The summed E-state index contributed by atoms with van der Waals surface area (Å²) in [6.45, 7) is 0. The lowest BCUT2D eigenvalue weighted by molar-refractivity contribution is 1.19. The SMILES string of the molecule is CNc1cn2ccc(Cl)cc2n1. The molecule has 0 saturated carbocycles. The predicted octanol–water partition coefficient (Wildman–Crippen LogP) is 2.03. The van der Waals surface area contributed by atoms with Gasteiger partial charge in [-0.3, -0.25) is 0 Å². The predicted molar refractivity (Wildman–Crippen MR) is 49.7 cm³/mol. The van der Waals surface area contributed by atoms with E-state index < -0.39 is 0 Å². The van der Waals surface area contributed by atoms with Gasteiger partial charge in [0.25, 0.3) is 0 Å². The number of rotatable bonds is 1. The molecule has 0 aliphatic carbocycles. The largest absolute Gasteiger partial charge is 0.372 e. The number of halogens is 1. The van der Waals surface area contributed by atoms with Crippen LogP contribution in [0.2, 0.25) is 5.02 Å². The highest BCUT2D eigenvalue weighted by Crippen LogP contribution is 2.13.